The minimum absolute atomic E-state index is 0.172. The lowest BCUT2D eigenvalue weighted by Gasteiger charge is -2.12. The third-order valence-corrected chi connectivity index (χ3v) is 2.51. The van der Waals surface area contributed by atoms with Crippen molar-refractivity contribution in [3.05, 3.63) is 11.6 Å². The van der Waals surface area contributed by atoms with Gasteiger partial charge in [0.2, 0.25) is 5.91 Å². The van der Waals surface area contributed by atoms with Crippen LogP contribution in [0.5, 0.6) is 0 Å². The number of amides is 2. The largest absolute Gasteiger partial charge is 0.292 e. The highest BCUT2D eigenvalue weighted by atomic mass is 32.1. The fourth-order valence-electron chi connectivity index (χ4n) is 1.56. The summed E-state index contributed by atoms with van der Waals surface area (Å²) in [6.45, 7) is 0. The topological polar surface area (TPSA) is 46.2 Å². The van der Waals surface area contributed by atoms with Gasteiger partial charge in [-0.2, -0.15) is 0 Å². The van der Waals surface area contributed by atoms with E-state index in [0.29, 0.717) is 12.0 Å². The quantitative estimate of drug-likeness (QED) is 0.433. The van der Waals surface area contributed by atoms with E-state index in [1.165, 1.54) is 0 Å². The van der Waals surface area contributed by atoms with Crippen molar-refractivity contribution >= 4 is 28.9 Å². The average Bonchev–Trinajstić information content (AvgIpc) is 2.28. The minimum atomic E-state index is -0.271. The number of fused-ring (bicyclic) bond motifs is 1. The van der Waals surface area contributed by atoms with E-state index in [4.69, 9.17) is 12.2 Å². The number of rotatable bonds is 0. The molecule has 0 aromatic rings. The van der Waals surface area contributed by atoms with E-state index in [1.807, 2.05) is 0 Å². The minimum Gasteiger partial charge on any atom is -0.292 e. The predicted octanol–water partition coefficient (Wildman–Crippen LogP) is 0.349. The van der Waals surface area contributed by atoms with E-state index in [-0.39, 0.29) is 17.7 Å². The smallest absolute Gasteiger partial charge is 0.254 e. The second kappa shape index (κ2) is 2.48. The van der Waals surface area contributed by atoms with Gasteiger partial charge in [-0.25, -0.2) is 0 Å². The first kappa shape index (κ1) is 7.61. The molecular formula is C8H7NO2S. The van der Waals surface area contributed by atoms with Gasteiger partial charge in [-0.15, -0.1) is 0 Å². The van der Waals surface area contributed by atoms with Crippen molar-refractivity contribution in [3.63, 3.8) is 0 Å². The fourth-order valence-corrected chi connectivity index (χ4v) is 1.80. The van der Waals surface area contributed by atoms with Crippen molar-refractivity contribution < 1.29 is 9.59 Å². The van der Waals surface area contributed by atoms with Crippen LogP contribution < -0.4 is 5.32 Å². The van der Waals surface area contributed by atoms with Gasteiger partial charge >= 0.3 is 0 Å². The molecule has 0 radical (unpaired) electrons. The number of hydrogen-bond acceptors (Lipinski definition) is 3. The van der Waals surface area contributed by atoms with Crippen LogP contribution in [0.2, 0.25) is 0 Å². The van der Waals surface area contributed by atoms with Crippen LogP contribution in [0.25, 0.3) is 0 Å². The van der Waals surface area contributed by atoms with Crippen LogP contribution in [-0.2, 0) is 9.59 Å². The first-order valence-corrected chi connectivity index (χ1v) is 4.19. The highest BCUT2D eigenvalue weighted by molar-refractivity contribution is 7.80. The molecule has 2 amide bonds. The van der Waals surface area contributed by atoms with Crippen LogP contribution in [0, 0.1) is 5.92 Å². The Balaban J connectivity index is 2.42. The molecule has 1 saturated heterocycles. The van der Waals surface area contributed by atoms with Crippen molar-refractivity contribution in [2.75, 3.05) is 0 Å². The maximum Gasteiger partial charge on any atom is 0.254 e. The highest BCUT2D eigenvalue weighted by Gasteiger charge is 2.37. The lowest BCUT2D eigenvalue weighted by Crippen LogP contribution is -2.22. The Bertz CT molecular complexity index is 319. The molecule has 0 spiro atoms. The molecule has 62 valence electrons. The van der Waals surface area contributed by atoms with Crippen LogP contribution in [0.3, 0.4) is 0 Å². The third kappa shape index (κ3) is 0.992. The predicted molar refractivity (Wildman–Crippen MR) is 46.6 cm³/mol. The highest BCUT2D eigenvalue weighted by Crippen LogP contribution is 2.27. The van der Waals surface area contributed by atoms with E-state index >= 15 is 0 Å². The zero-order chi connectivity index (χ0) is 8.72. The molecule has 0 bridgehead atoms. The molecule has 1 aliphatic carbocycles. The van der Waals surface area contributed by atoms with Crippen molar-refractivity contribution in [2.45, 2.75) is 12.8 Å². The second-order valence-electron chi connectivity index (χ2n) is 2.98. The molecule has 3 nitrogen and oxygen atoms in total. The summed E-state index contributed by atoms with van der Waals surface area (Å²) in [4.78, 5) is 23.0. The maximum atomic E-state index is 11.1. The standard InChI is InChI=1S/C8H7NO2S/c10-7-5-2-1-4(12)3-6(5)8(11)9-7/h3,5H,1-2H2,(H,9,10,11). The van der Waals surface area contributed by atoms with Gasteiger partial charge < -0.3 is 0 Å². The first-order valence-electron chi connectivity index (χ1n) is 3.78. The van der Waals surface area contributed by atoms with Gasteiger partial charge in [-0.3, -0.25) is 14.9 Å². The first-order chi connectivity index (χ1) is 5.68. The van der Waals surface area contributed by atoms with Gasteiger partial charge in [0.1, 0.15) is 0 Å². The summed E-state index contributed by atoms with van der Waals surface area (Å²) >= 11 is 4.95. The number of imide groups is 1. The third-order valence-electron chi connectivity index (χ3n) is 2.19. The summed E-state index contributed by atoms with van der Waals surface area (Å²) in [6.07, 6.45) is 3.08. The lowest BCUT2D eigenvalue weighted by molar-refractivity contribution is -0.125. The number of allylic oxidation sites excluding steroid dienone is 1. The van der Waals surface area contributed by atoms with Crippen LogP contribution in [0.1, 0.15) is 12.8 Å². The van der Waals surface area contributed by atoms with Crippen molar-refractivity contribution in [3.8, 4) is 0 Å². The van der Waals surface area contributed by atoms with Crippen LogP contribution >= 0.6 is 12.2 Å². The number of carbonyl (C=O) groups is 2. The van der Waals surface area contributed by atoms with Gasteiger partial charge in [-0.1, -0.05) is 12.2 Å². The summed E-state index contributed by atoms with van der Waals surface area (Å²) in [5.74, 6) is -0.676. The second-order valence-corrected chi connectivity index (χ2v) is 3.50. The van der Waals surface area contributed by atoms with Gasteiger partial charge in [0.25, 0.3) is 5.91 Å². The lowest BCUT2D eigenvalue weighted by atomic mass is 9.89. The van der Waals surface area contributed by atoms with E-state index in [0.717, 1.165) is 11.3 Å². The zero-order valence-electron chi connectivity index (χ0n) is 6.29. The van der Waals surface area contributed by atoms with E-state index in [2.05, 4.69) is 5.32 Å². The summed E-state index contributed by atoms with van der Waals surface area (Å²) in [5.41, 5.74) is 0.552. The van der Waals surface area contributed by atoms with Crippen molar-refractivity contribution in [1.29, 1.82) is 0 Å². The molecule has 4 heteroatoms. The summed E-state index contributed by atoms with van der Waals surface area (Å²) in [6, 6.07) is 0. The van der Waals surface area contributed by atoms with E-state index in [9.17, 15) is 9.59 Å². The number of carbonyl (C=O) groups excluding carboxylic acids is 2. The Morgan fingerprint density at radius 1 is 1.50 bits per heavy atom. The molecule has 1 aliphatic heterocycles. The molecule has 1 unspecified atom stereocenters. The molecule has 2 aliphatic rings. The maximum absolute atomic E-state index is 11.1. The number of nitrogens with one attached hydrogen (secondary N) is 1. The SMILES string of the molecule is O=C1NC(=O)C2CCC(=S)C=C12. The molecule has 1 atom stereocenters. The van der Waals surface area contributed by atoms with Gasteiger partial charge in [0.05, 0.1) is 5.92 Å². The molecule has 0 aromatic heterocycles. The van der Waals surface area contributed by atoms with Crippen LogP contribution in [0.15, 0.2) is 11.6 Å². The normalized spacial score (nSPS) is 28.2. The number of thiocarbonyl (C=S) groups is 1. The summed E-state index contributed by atoms with van der Waals surface area (Å²) in [5, 5.41) is 2.27. The Morgan fingerprint density at radius 2 is 2.25 bits per heavy atom. The monoisotopic (exact) mass is 181 g/mol. The van der Waals surface area contributed by atoms with E-state index < -0.39 is 0 Å². The van der Waals surface area contributed by atoms with Crippen molar-refractivity contribution in [1.82, 2.24) is 5.32 Å². The Morgan fingerprint density at radius 3 is 3.00 bits per heavy atom. The average molecular weight is 181 g/mol. The van der Waals surface area contributed by atoms with Crippen LogP contribution in [-0.4, -0.2) is 16.7 Å². The Hall–Kier alpha value is -1.03. The van der Waals surface area contributed by atoms with Gasteiger partial charge in [0.15, 0.2) is 0 Å². The fraction of sp³-hybridized carbons (Fsp3) is 0.375. The Labute approximate surface area is 74.8 Å². The summed E-state index contributed by atoms with van der Waals surface area (Å²) < 4.78 is 0. The molecule has 1 N–H and O–H groups in total. The van der Waals surface area contributed by atoms with Gasteiger partial charge in [0, 0.05) is 10.4 Å². The molecule has 1 heterocycles. The van der Waals surface area contributed by atoms with Crippen LogP contribution in [0.4, 0.5) is 0 Å². The van der Waals surface area contributed by atoms with Gasteiger partial charge in [-0.05, 0) is 18.9 Å². The van der Waals surface area contributed by atoms with E-state index in [1.54, 1.807) is 6.08 Å². The molecule has 2 rings (SSSR count). The summed E-state index contributed by atoms with van der Waals surface area (Å²) in [7, 11) is 0. The molecule has 0 saturated carbocycles. The molecular weight excluding hydrogens is 174 g/mol. The molecule has 0 aromatic carbocycles. The molecule has 12 heavy (non-hydrogen) atoms. The Kier molecular flexibility index (Phi) is 1.58. The zero-order valence-corrected chi connectivity index (χ0v) is 7.11. The number of hydrogen-bond donors (Lipinski definition) is 1. The molecule has 1 fully saturated rings. The van der Waals surface area contributed by atoms with Crippen molar-refractivity contribution in [2.24, 2.45) is 5.92 Å².